The number of hydrogen-bond donors (Lipinski definition) is 1. The van der Waals surface area contributed by atoms with Gasteiger partial charge in [0.1, 0.15) is 0 Å². The van der Waals surface area contributed by atoms with E-state index in [4.69, 9.17) is 4.74 Å². The van der Waals surface area contributed by atoms with Crippen molar-refractivity contribution in [2.45, 2.75) is 37.1 Å². The highest BCUT2D eigenvalue weighted by molar-refractivity contribution is 7.92. The van der Waals surface area contributed by atoms with Crippen LogP contribution in [0.3, 0.4) is 0 Å². The van der Waals surface area contributed by atoms with Crippen molar-refractivity contribution in [1.29, 1.82) is 0 Å². The Labute approximate surface area is 169 Å². The number of nitrogens with one attached hydrogen (secondary N) is 1. The lowest BCUT2D eigenvalue weighted by Crippen LogP contribution is -2.36. The number of carbonyl (C=O) groups excluding carboxylic acids is 2. The van der Waals surface area contributed by atoms with Crippen LogP contribution in [0.2, 0.25) is 0 Å². The number of anilines is 2. The summed E-state index contributed by atoms with van der Waals surface area (Å²) in [6, 6.07) is 11.1. The molecule has 0 saturated heterocycles. The summed E-state index contributed by atoms with van der Waals surface area (Å²) in [5.41, 5.74) is 1.90. The van der Waals surface area contributed by atoms with Gasteiger partial charge in [0.2, 0.25) is 5.91 Å². The lowest BCUT2D eigenvalue weighted by Gasteiger charge is -2.22. The summed E-state index contributed by atoms with van der Waals surface area (Å²) < 4.78 is 33.1. The number of carbonyl (C=O) groups is 2. The molecule has 1 fully saturated rings. The molecule has 4 rings (SSSR count). The first kappa shape index (κ1) is 19.4. The largest absolute Gasteiger partial charge is 0.465 e. The smallest absolute Gasteiger partial charge is 0.339 e. The summed E-state index contributed by atoms with van der Waals surface area (Å²) in [7, 11) is -2.68. The maximum atomic E-state index is 12.9. The summed E-state index contributed by atoms with van der Waals surface area (Å²) >= 11 is 0. The van der Waals surface area contributed by atoms with Gasteiger partial charge in [-0.2, -0.15) is 0 Å². The minimum Gasteiger partial charge on any atom is -0.465 e. The van der Waals surface area contributed by atoms with Crippen LogP contribution in [-0.4, -0.2) is 33.4 Å². The van der Waals surface area contributed by atoms with Crippen LogP contribution in [0.4, 0.5) is 11.4 Å². The monoisotopic (exact) mass is 414 g/mol. The van der Waals surface area contributed by atoms with E-state index in [1.165, 1.54) is 25.3 Å². The van der Waals surface area contributed by atoms with E-state index < -0.39 is 16.0 Å². The highest BCUT2D eigenvalue weighted by Gasteiger charge is 2.39. The average molecular weight is 414 g/mol. The van der Waals surface area contributed by atoms with Gasteiger partial charge < -0.3 is 9.64 Å². The Hall–Kier alpha value is -2.87. The third-order valence-corrected chi connectivity index (χ3v) is 6.68. The van der Waals surface area contributed by atoms with Crippen LogP contribution in [0.15, 0.2) is 47.4 Å². The van der Waals surface area contributed by atoms with Crippen LogP contribution >= 0.6 is 0 Å². The molecule has 1 aliphatic carbocycles. The number of hydrogen-bond acceptors (Lipinski definition) is 5. The molecule has 0 unspecified atom stereocenters. The van der Waals surface area contributed by atoms with E-state index in [0.717, 1.165) is 24.1 Å². The zero-order chi connectivity index (χ0) is 20.8. The fraction of sp³-hybridized carbons (Fsp3) is 0.333. The van der Waals surface area contributed by atoms with Gasteiger partial charge in [-0.05, 0) is 62.1 Å². The maximum Gasteiger partial charge on any atom is 0.339 e. The van der Waals surface area contributed by atoms with Gasteiger partial charge in [0.15, 0.2) is 0 Å². The third-order valence-electron chi connectivity index (χ3n) is 5.32. The predicted molar refractivity (Wildman–Crippen MR) is 108 cm³/mol. The highest BCUT2D eigenvalue weighted by atomic mass is 32.2. The minimum atomic E-state index is -3.92. The molecular weight excluding hydrogens is 392 g/mol. The van der Waals surface area contributed by atoms with Crippen LogP contribution < -0.4 is 9.62 Å². The van der Waals surface area contributed by atoms with Crippen molar-refractivity contribution in [3.05, 3.63) is 53.6 Å². The zero-order valence-electron chi connectivity index (χ0n) is 16.2. The van der Waals surface area contributed by atoms with Crippen LogP contribution in [-0.2, 0) is 26.0 Å². The van der Waals surface area contributed by atoms with E-state index in [-0.39, 0.29) is 34.0 Å². The van der Waals surface area contributed by atoms with E-state index >= 15 is 0 Å². The zero-order valence-corrected chi connectivity index (χ0v) is 17.0. The van der Waals surface area contributed by atoms with E-state index in [0.29, 0.717) is 6.42 Å². The molecular formula is C21H22N2O5S. The van der Waals surface area contributed by atoms with Gasteiger partial charge in [-0.1, -0.05) is 12.1 Å². The lowest BCUT2D eigenvalue weighted by molar-refractivity contribution is -0.120. The molecule has 2 aromatic carbocycles. The molecule has 0 aromatic heterocycles. The molecule has 8 heteroatoms. The van der Waals surface area contributed by atoms with Crippen molar-refractivity contribution in [3.8, 4) is 0 Å². The molecule has 0 spiro atoms. The first-order valence-electron chi connectivity index (χ1n) is 9.48. The van der Waals surface area contributed by atoms with Gasteiger partial charge in [-0.25, -0.2) is 13.2 Å². The summed E-state index contributed by atoms with van der Waals surface area (Å²) in [6.07, 6.45) is 2.46. The van der Waals surface area contributed by atoms with Crippen LogP contribution in [0.1, 0.15) is 35.7 Å². The van der Waals surface area contributed by atoms with Gasteiger partial charge in [0.25, 0.3) is 10.0 Å². The molecule has 0 radical (unpaired) electrons. The van der Waals surface area contributed by atoms with Crippen molar-refractivity contribution in [2.24, 2.45) is 5.92 Å². The van der Waals surface area contributed by atoms with Crippen molar-refractivity contribution in [3.63, 3.8) is 0 Å². The first-order chi connectivity index (χ1) is 13.8. The first-order valence-corrected chi connectivity index (χ1v) is 11.0. The second-order valence-corrected chi connectivity index (χ2v) is 9.15. The topological polar surface area (TPSA) is 92.8 Å². The van der Waals surface area contributed by atoms with Crippen molar-refractivity contribution in [1.82, 2.24) is 0 Å². The molecule has 2 aliphatic rings. The number of rotatable bonds is 5. The fourth-order valence-electron chi connectivity index (χ4n) is 3.70. The standard InChI is InChI=1S/C21H22N2O5S/c1-13-11-15-12-16(9-10-19(15)23(13)20(24)14-7-8-14)29(26,27)22-18-6-4-3-5-17(18)21(25)28-2/h3-6,9-10,12-14,22H,7-8,11H2,1-2H3/t13-/m0/s1. The summed E-state index contributed by atoms with van der Waals surface area (Å²) in [4.78, 5) is 26.4. The molecule has 2 aromatic rings. The SMILES string of the molecule is COC(=O)c1ccccc1NS(=O)(=O)c1ccc2c(c1)C[C@H](C)N2C(=O)C1CC1. The number of amides is 1. The Morgan fingerprint density at radius 3 is 2.55 bits per heavy atom. The van der Waals surface area contributed by atoms with Crippen LogP contribution in [0.25, 0.3) is 0 Å². The van der Waals surface area contributed by atoms with Crippen molar-refractivity contribution in [2.75, 3.05) is 16.7 Å². The molecule has 1 aliphatic heterocycles. The molecule has 0 bridgehead atoms. The number of nitrogens with zero attached hydrogens (tertiary/aromatic N) is 1. The number of esters is 1. The lowest BCUT2D eigenvalue weighted by atomic mass is 10.1. The minimum absolute atomic E-state index is 0.00376. The average Bonchev–Trinajstić information content (AvgIpc) is 3.49. The molecule has 29 heavy (non-hydrogen) atoms. The second kappa shape index (κ2) is 7.18. The Morgan fingerprint density at radius 1 is 1.14 bits per heavy atom. The molecule has 7 nitrogen and oxygen atoms in total. The molecule has 152 valence electrons. The van der Waals surface area contributed by atoms with Gasteiger partial charge in [0, 0.05) is 17.6 Å². The van der Waals surface area contributed by atoms with E-state index in [9.17, 15) is 18.0 Å². The molecule has 1 heterocycles. The van der Waals surface area contributed by atoms with Gasteiger partial charge in [-0.15, -0.1) is 0 Å². The summed E-state index contributed by atoms with van der Waals surface area (Å²) in [6.45, 7) is 1.97. The van der Waals surface area contributed by atoms with Crippen molar-refractivity contribution >= 4 is 33.3 Å². The number of benzene rings is 2. The van der Waals surface area contributed by atoms with Gasteiger partial charge >= 0.3 is 5.97 Å². The fourth-order valence-corrected chi connectivity index (χ4v) is 4.83. The van der Waals surface area contributed by atoms with Gasteiger partial charge in [-0.3, -0.25) is 9.52 Å². The maximum absolute atomic E-state index is 12.9. The number of sulfonamides is 1. The van der Waals surface area contributed by atoms with E-state index in [1.807, 2.05) is 6.92 Å². The third kappa shape index (κ3) is 3.60. The van der Waals surface area contributed by atoms with Crippen LogP contribution in [0, 0.1) is 5.92 Å². The second-order valence-electron chi connectivity index (χ2n) is 7.47. The summed E-state index contributed by atoms with van der Waals surface area (Å²) in [5.74, 6) is -0.402. The molecule has 1 atom stereocenters. The Balaban J connectivity index is 1.64. The quantitative estimate of drug-likeness (QED) is 0.760. The Kier molecular flexibility index (Phi) is 4.82. The number of fused-ring (bicyclic) bond motifs is 1. The number of para-hydroxylation sites is 1. The van der Waals surface area contributed by atoms with Crippen molar-refractivity contribution < 1.29 is 22.7 Å². The summed E-state index contributed by atoms with van der Waals surface area (Å²) in [5, 5.41) is 0. The highest BCUT2D eigenvalue weighted by Crippen LogP contribution is 2.39. The van der Waals surface area contributed by atoms with Gasteiger partial charge in [0.05, 0.1) is 23.3 Å². The van der Waals surface area contributed by atoms with Crippen LogP contribution in [0.5, 0.6) is 0 Å². The molecule has 1 saturated carbocycles. The predicted octanol–water partition coefficient (Wildman–Crippen LogP) is 2.96. The Bertz CT molecular complexity index is 1090. The normalized spacial score (nSPS) is 18.3. The molecule has 1 N–H and O–H groups in total. The number of methoxy groups -OCH3 is 1. The number of ether oxygens (including phenoxy) is 1. The van der Waals surface area contributed by atoms with E-state index in [2.05, 4.69) is 4.72 Å². The Morgan fingerprint density at radius 2 is 1.86 bits per heavy atom. The molecule has 1 amide bonds. The van der Waals surface area contributed by atoms with E-state index in [1.54, 1.807) is 29.2 Å².